The van der Waals surface area contributed by atoms with Crippen LogP contribution in [0.3, 0.4) is 0 Å². The van der Waals surface area contributed by atoms with E-state index in [1.54, 1.807) is 0 Å². The molecule has 1 aliphatic heterocycles. The van der Waals surface area contributed by atoms with Crippen LogP contribution in [0.1, 0.15) is 25.7 Å². The molecule has 7 heteroatoms. The van der Waals surface area contributed by atoms with E-state index >= 15 is 0 Å². The molecule has 1 aliphatic carbocycles. The fraction of sp³-hybridized carbons (Fsp3) is 0.750. The van der Waals surface area contributed by atoms with Gasteiger partial charge in [0.05, 0.1) is 0 Å². The largest absolute Gasteiger partial charge is 0.480 e. The van der Waals surface area contributed by atoms with Gasteiger partial charge < -0.3 is 20.2 Å². The maximum absolute atomic E-state index is 12.1. The van der Waals surface area contributed by atoms with Crippen LogP contribution >= 0.6 is 0 Å². The predicted molar refractivity (Wildman–Crippen MR) is 66.6 cm³/mol. The van der Waals surface area contributed by atoms with E-state index in [1.807, 2.05) is 0 Å². The molecule has 2 fully saturated rings. The average molecular weight is 269 g/mol. The molecule has 3 amide bonds. The second kappa shape index (κ2) is 5.46. The minimum absolute atomic E-state index is 0.0296. The molecule has 106 valence electrons. The zero-order valence-corrected chi connectivity index (χ0v) is 11.0. The number of amides is 3. The van der Waals surface area contributed by atoms with Crippen LogP contribution in [0, 0.1) is 0 Å². The van der Waals surface area contributed by atoms with Crippen molar-refractivity contribution < 1.29 is 19.5 Å². The van der Waals surface area contributed by atoms with Crippen LogP contribution in [-0.2, 0) is 9.59 Å². The number of carbonyl (C=O) groups is 3. The summed E-state index contributed by atoms with van der Waals surface area (Å²) < 4.78 is 0. The first kappa shape index (κ1) is 13.6. The van der Waals surface area contributed by atoms with Crippen molar-refractivity contribution in [2.45, 2.75) is 37.8 Å². The van der Waals surface area contributed by atoms with Crippen LogP contribution in [0.25, 0.3) is 0 Å². The molecule has 19 heavy (non-hydrogen) atoms. The molecule has 2 rings (SSSR count). The molecule has 0 aromatic carbocycles. The van der Waals surface area contributed by atoms with Gasteiger partial charge in [-0.25, -0.2) is 9.59 Å². The molecule has 0 radical (unpaired) electrons. The van der Waals surface area contributed by atoms with Gasteiger partial charge in [0.25, 0.3) is 0 Å². The van der Waals surface area contributed by atoms with E-state index in [4.69, 9.17) is 5.11 Å². The van der Waals surface area contributed by atoms with Crippen molar-refractivity contribution in [3.8, 4) is 0 Å². The minimum atomic E-state index is -0.985. The smallest absolute Gasteiger partial charge is 0.326 e. The zero-order valence-electron chi connectivity index (χ0n) is 11.0. The number of hydrogen-bond donors (Lipinski definition) is 2. The normalized spacial score (nSPS) is 22.2. The molecule has 2 N–H and O–H groups in total. The summed E-state index contributed by atoms with van der Waals surface area (Å²) in [6.07, 6.45) is 3.15. The number of nitrogens with zero attached hydrogens (tertiary/aromatic N) is 2. The lowest BCUT2D eigenvalue weighted by molar-refractivity contribution is -0.141. The Morgan fingerprint density at radius 2 is 2.00 bits per heavy atom. The fourth-order valence-corrected chi connectivity index (χ4v) is 2.26. The Hall–Kier alpha value is -1.79. The van der Waals surface area contributed by atoms with Crippen LogP contribution in [-0.4, -0.2) is 65.0 Å². The summed E-state index contributed by atoms with van der Waals surface area (Å²) in [5.41, 5.74) is 0. The predicted octanol–water partition coefficient (Wildman–Crippen LogP) is -0.134. The maximum Gasteiger partial charge on any atom is 0.326 e. The second-order valence-corrected chi connectivity index (χ2v) is 5.17. The van der Waals surface area contributed by atoms with Crippen LogP contribution < -0.4 is 5.32 Å². The van der Waals surface area contributed by atoms with E-state index in [0.29, 0.717) is 19.4 Å². The van der Waals surface area contributed by atoms with E-state index in [1.165, 1.54) is 16.8 Å². The van der Waals surface area contributed by atoms with E-state index in [9.17, 15) is 14.4 Å². The molecule has 0 aromatic rings. The Balaban J connectivity index is 1.86. The molecule has 0 aromatic heterocycles. The number of carboxylic acids is 1. The number of carboxylic acid groups (broad SMARTS) is 1. The Kier molecular flexibility index (Phi) is 3.92. The average Bonchev–Trinajstić information content (AvgIpc) is 3.00. The Bertz CT molecular complexity index is 394. The zero-order chi connectivity index (χ0) is 14.0. The van der Waals surface area contributed by atoms with Crippen molar-refractivity contribution in [1.29, 1.82) is 0 Å². The minimum Gasteiger partial charge on any atom is -0.480 e. The van der Waals surface area contributed by atoms with E-state index in [0.717, 1.165) is 12.8 Å². The molecule has 1 saturated carbocycles. The number of rotatable bonds is 4. The third-order valence-electron chi connectivity index (χ3n) is 3.43. The van der Waals surface area contributed by atoms with Crippen molar-refractivity contribution in [3.05, 3.63) is 0 Å². The van der Waals surface area contributed by atoms with E-state index in [2.05, 4.69) is 5.32 Å². The number of carbonyl (C=O) groups excluding carboxylic acids is 2. The first-order valence-corrected chi connectivity index (χ1v) is 6.53. The van der Waals surface area contributed by atoms with Gasteiger partial charge in [-0.15, -0.1) is 0 Å². The highest BCUT2D eigenvalue weighted by molar-refractivity contribution is 5.87. The number of nitrogens with one attached hydrogen (secondary N) is 1. The summed E-state index contributed by atoms with van der Waals surface area (Å²) >= 11 is 0. The highest BCUT2D eigenvalue weighted by Gasteiger charge is 2.36. The van der Waals surface area contributed by atoms with Gasteiger partial charge in [0.2, 0.25) is 5.91 Å². The Morgan fingerprint density at radius 3 is 2.58 bits per heavy atom. The molecule has 7 nitrogen and oxygen atoms in total. The van der Waals surface area contributed by atoms with Crippen molar-refractivity contribution in [3.63, 3.8) is 0 Å². The number of hydrogen-bond acceptors (Lipinski definition) is 3. The highest BCUT2D eigenvalue weighted by atomic mass is 16.4. The van der Waals surface area contributed by atoms with Gasteiger partial charge in [0, 0.05) is 19.6 Å². The lowest BCUT2D eigenvalue weighted by atomic mass is 10.2. The summed E-state index contributed by atoms with van der Waals surface area (Å²) in [5.74, 6) is -1.17. The van der Waals surface area contributed by atoms with Gasteiger partial charge in [-0.3, -0.25) is 4.79 Å². The Morgan fingerprint density at radius 1 is 1.32 bits per heavy atom. The molecule has 1 atom stereocenters. The van der Waals surface area contributed by atoms with Gasteiger partial charge in [-0.1, -0.05) is 0 Å². The number of likely N-dealkylation sites (tertiary alicyclic amines) is 1. The van der Waals surface area contributed by atoms with Gasteiger partial charge in [0.15, 0.2) is 0 Å². The highest BCUT2D eigenvalue weighted by Crippen LogP contribution is 2.20. The fourth-order valence-electron chi connectivity index (χ4n) is 2.26. The van der Waals surface area contributed by atoms with Crippen molar-refractivity contribution >= 4 is 17.9 Å². The van der Waals surface area contributed by atoms with E-state index in [-0.39, 0.29) is 18.5 Å². The quantitative estimate of drug-likeness (QED) is 0.743. The molecule has 1 heterocycles. The van der Waals surface area contributed by atoms with Crippen LogP contribution in [0.5, 0.6) is 0 Å². The van der Waals surface area contributed by atoms with Crippen LogP contribution in [0.4, 0.5) is 4.79 Å². The summed E-state index contributed by atoms with van der Waals surface area (Å²) in [5, 5.41) is 11.8. The second-order valence-electron chi connectivity index (χ2n) is 5.17. The van der Waals surface area contributed by atoms with Crippen molar-refractivity contribution in [2.75, 3.05) is 20.1 Å². The molecule has 2 aliphatic rings. The summed E-state index contributed by atoms with van der Waals surface area (Å²) in [7, 11) is 1.52. The third-order valence-corrected chi connectivity index (χ3v) is 3.43. The van der Waals surface area contributed by atoms with E-state index < -0.39 is 18.0 Å². The molecule has 0 unspecified atom stereocenters. The maximum atomic E-state index is 12.1. The molecular formula is C12H19N3O4. The standard InChI is InChI=1S/C12H19N3O4/c1-14(7-10(16)13-8-4-5-8)12(19)15-6-2-3-9(15)11(17)18/h8-9H,2-7H2,1H3,(H,13,16)(H,17,18)/t9-/m0/s1. The van der Waals surface area contributed by atoms with Gasteiger partial charge in [0.1, 0.15) is 12.6 Å². The lowest BCUT2D eigenvalue weighted by Crippen LogP contribution is -2.49. The summed E-state index contributed by atoms with van der Waals surface area (Å²) in [4.78, 5) is 37.3. The molecule has 0 spiro atoms. The number of likely N-dealkylation sites (N-methyl/N-ethyl adjacent to an activating group) is 1. The number of urea groups is 1. The van der Waals surface area contributed by atoms with Crippen LogP contribution in [0.2, 0.25) is 0 Å². The van der Waals surface area contributed by atoms with Crippen molar-refractivity contribution in [2.24, 2.45) is 0 Å². The molecule has 0 bridgehead atoms. The lowest BCUT2D eigenvalue weighted by Gasteiger charge is -2.27. The SMILES string of the molecule is CN(CC(=O)NC1CC1)C(=O)N1CCC[C@H]1C(=O)O. The van der Waals surface area contributed by atoms with Gasteiger partial charge >= 0.3 is 12.0 Å². The number of aliphatic carboxylic acids is 1. The first-order valence-electron chi connectivity index (χ1n) is 6.53. The van der Waals surface area contributed by atoms with Crippen molar-refractivity contribution in [1.82, 2.24) is 15.1 Å². The summed E-state index contributed by atoms with van der Waals surface area (Å²) in [6, 6.07) is -0.896. The molecule has 1 saturated heterocycles. The van der Waals surface area contributed by atoms with Gasteiger partial charge in [-0.05, 0) is 25.7 Å². The Labute approximate surface area is 111 Å². The van der Waals surface area contributed by atoms with Gasteiger partial charge in [-0.2, -0.15) is 0 Å². The topological polar surface area (TPSA) is 90.0 Å². The monoisotopic (exact) mass is 269 g/mol. The molecular weight excluding hydrogens is 250 g/mol. The third kappa shape index (κ3) is 3.36. The summed E-state index contributed by atoms with van der Waals surface area (Å²) in [6.45, 7) is 0.405. The van der Waals surface area contributed by atoms with Crippen LogP contribution in [0.15, 0.2) is 0 Å². The first-order chi connectivity index (χ1) is 8.99.